The molecule has 0 amide bonds. The number of hydrogen-bond donors (Lipinski definition) is 0. The number of hydrogen-bond acceptors (Lipinski definition) is 2. The Morgan fingerprint density at radius 3 is 2.75 bits per heavy atom. The highest BCUT2D eigenvalue weighted by Crippen LogP contribution is 2.24. The van der Waals surface area contributed by atoms with E-state index in [9.17, 15) is 0 Å². The maximum absolute atomic E-state index is 8.64. The van der Waals surface area contributed by atoms with E-state index in [-0.39, 0.29) is 6.10 Å². The monoisotopic (exact) mass is 237 g/mol. The number of rotatable bonds is 5. The first-order valence-electron chi connectivity index (χ1n) is 5.53. The van der Waals surface area contributed by atoms with Crippen LogP contribution in [0.25, 0.3) is 0 Å². The Labute approximate surface area is 102 Å². The van der Waals surface area contributed by atoms with Gasteiger partial charge in [-0.15, -0.1) is 0 Å². The standard InChI is InChI=1S/C13H16ClNO/c1-3-10-9-12(5-6-13(10)14)16-11(4-2)7-8-15/h5-6,9,11H,3-4,7H2,1-2H3. The summed E-state index contributed by atoms with van der Waals surface area (Å²) in [4.78, 5) is 0. The Morgan fingerprint density at radius 2 is 2.19 bits per heavy atom. The quantitative estimate of drug-likeness (QED) is 0.776. The molecule has 1 aromatic carbocycles. The summed E-state index contributed by atoms with van der Waals surface area (Å²) in [5.41, 5.74) is 1.07. The highest BCUT2D eigenvalue weighted by atomic mass is 35.5. The van der Waals surface area contributed by atoms with E-state index in [1.807, 2.05) is 25.1 Å². The largest absolute Gasteiger partial charge is 0.489 e. The fraction of sp³-hybridized carbons (Fsp3) is 0.462. The van der Waals surface area contributed by atoms with Crippen molar-refractivity contribution < 1.29 is 4.74 Å². The van der Waals surface area contributed by atoms with Crippen LogP contribution in [-0.2, 0) is 6.42 Å². The summed E-state index contributed by atoms with van der Waals surface area (Å²) in [6.45, 7) is 4.07. The van der Waals surface area contributed by atoms with Gasteiger partial charge >= 0.3 is 0 Å². The molecule has 3 heteroatoms. The minimum atomic E-state index is -0.0316. The van der Waals surface area contributed by atoms with Crippen LogP contribution < -0.4 is 4.74 Å². The summed E-state index contributed by atoms with van der Waals surface area (Å²) in [5, 5.41) is 9.41. The van der Waals surface area contributed by atoms with Gasteiger partial charge in [-0.1, -0.05) is 25.4 Å². The fourth-order valence-electron chi connectivity index (χ4n) is 1.46. The summed E-state index contributed by atoms with van der Waals surface area (Å²) in [7, 11) is 0. The van der Waals surface area contributed by atoms with Crippen molar-refractivity contribution in [2.24, 2.45) is 0 Å². The van der Waals surface area contributed by atoms with Crippen LogP contribution in [0.3, 0.4) is 0 Å². The third kappa shape index (κ3) is 3.43. The van der Waals surface area contributed by atoms with Crippen molar-refractivity contribution in [2.45, 2.75) is 39.2 Å². The second kappa shape index (κ2) is 6.40. The normalized spacial score (nSPS) is 11.9. The van der Waals surface area contributed by atoms with Gasteiger partial charge in [-0.05, 0) is 36.6 Å². The molecule has 1 rings (SSSR count). The van der Waals surface area contributed by atoms with Crippen LogP contribution in [0.4, 0.5) is 0 Å². The third-order valence-electron chi connectivity index (χ3n) is 2.48. The van der Waals surface area contributed by atoms with Crippen LogP contribution in [0.15, 0.2) is 18.2 Å². The fourth-order valence-corrected chi connectivity index (χ4v) is 1.71. The summed E-state index contributed by atoms with van der Waals surface area (Å²) >= 11 is 6.02. The molecule has 0 aliphatic carbocycles. The lowest BCUT2D eigenvalue weighted by atomic mass is 10.1. The Hall–Kier alpha value is -1.20. The summed E-state index contributed by atoms with van der Waals surface area (Å²) < 4.78 is 5.72. The number of nitriles is 1. The van der Waals surface area contributed by atoms with Crippen molar-refractivity contribution in [1.29, 1.82) is 5.26 Å². The van der Waals surface area contributed by atoms with Gasteiger partial charge in [0.05, 0.1) is 12.5 Å². The number of nitrogens with zero attached hydrogens (tertiary/aromatic N) is 1. The molecule has 0 aliphatic rings. The van der Waals surface area contributed by atoms with E-state index < -0.39 is 0 Å². The van der Waals surface area contributed by atoms with E-state index in [0.717, 1.165) is 29.2 Å². The van der Waals surface area contributed by atoms with Gasteiger partial charge in [-0.2, -0.15) is 5.26 Å². The minimum absolute atomic E-state index is 0.0316. The zero-order valence-corrected chi connectivity index (χ0v) is 10.4. The first kappa shape index (κ1) is 12.9. The van der Waals surface area contributed by atoms with Crippen molar-refractivity contribution in [3.63, 3.8) is 0 Å². The summed E-state index contributed by atoms with van der Waals surface area (Å²) in [6.07, 6.45) is 2.10. The molecular weight excluding hydrogens is 222 g/mol. The van der Waals surface area contributed by atoms with Gasteiger partial charge in [-0.25, -0.2) is 0 Å². The average molecular weight is 238 g/mol. The Bertz CT molecular complexity index is 384. The number of halogens is 1. The molecule has 0 saturated heterocycles. The second-order valence-corrected chi connectivity index (χ2v) is 4.02. The topological polar surface area (TPSA) is 33.0 Å². The molecule has 0 fully saturated rings. The zero-order valence-electron chi connectivity index (χ0n) is 9.66. The summed E-state index contributed by atoms with van der Waals surface area (Å²) in [5.74, 6) is 0.795. The van der Waals surface area contributed by atoms with Crippen molar-refractivity contribution in [2.75, 3.05) is 0 Å². The van der Waals surface area contributed by atoms with Crippen molar-refractivity contribution in [3.8, 4) is 11.8 Å². The lowest BCUT2D eigenvalue weighted by Crippen LogP contribution is -2.14. The molecule has 0 saturated carbocycles. The zero-order chi connectivity index (χ0) is 12.0. The van der Waals surface area contributed by atoms with Crippen LogP contribution in [0.1, 0.15) is 32.3 Å². The molecule has 1 atom stereocenters. The van der Waals surface area contributed by atoms with Gasteiger partial charge in [0.15, 0.2) is 0 Å². The Kier molecular flexibility index (Phi) is 5.14. The smallest absolute Gasteiger partial charge is 0.120 e. The minimum Gasteiger partial charge on any atom is -0.489 e. The van der Waals surface area contributed by atoms with Crippen LogP contribution in [0.2, 0.25) is 5.02 Å². The molecule has 16 heavy (non-hydrogen) atoms. The van der Waals surface area contributed by atoms with Crippen LogP contribution >= 0.6 is 11.6 Å². The predicted molar refractivity (Wildman–Crippen MR) is 65.8 cm³/mol. The molecule has 0 bridgehead atoms. The molecular formula is C13H16ClNO. The molecule has 1 aromatic rings. The maximum atomic E-state index is 8.64. The van der Waals surface area contributed by atoms with Crippen molar-refractivity contribution in [3.05, 3.63) is 28.8 Å². The van der Waals surface area contributed by atoms with E-state index in [2.05, 4.69) is 13.0 Å². The van der Waals surface area contributed by atoms with Gasteiger partial charge in [0.1, 0.15) is 11.9 Å². The van der Waals surface area contributed by atoms with E-state index in [1.165, 1.54) is 0 Å². The number of benzene rings is 1. The number of ether oxygens (including phenoxy) is 1. The molecule has 0 aliphatic heterocycles. The first-order chi connectivity index (χ1) is 7.71. The Morgan fingerprint density at radius 1 is 1.44 bits per heavy atom. The van der Waals surface area contributed by atoms with Crippen LogP contribution in [0.5, 0.6) is 5.75 Å². The first-order valence-corrected chi connectivity index (χ1v) is 5.91. The van der Waals surface area contributed by atoms with E-state index in [4.69, 9.17) is 21.6 Å². The van der Waals surface area contributed by atoms with Gasteiger partial charge in [0.2, 0.25) is 0 Å². The molecule has 1 unspecified atom stereocenters. The Balaban J connectivity index is 2.77. The number of aryl methyl sites for hydroxylation is 1. The SMILES string of the molecule is CCc1cc(OC(CC)CC#N)ccc1Cl. The summed E-state index contributed by atoms with van der Waals surface area (Å²) in [6, 6.07) is 7.77. The third-order valence-corrected chi connectivity index (χ3v) is 2.84. The lowest BCUT2D eigenvalue weighted by molar-refractivity contribution is 0.202. The van der Waals surface area contributed by atoms with E-state index >= 15 is 0 Å². The molecule has 0 aromatic heterocycles. The van der Waals surface area contributed by atoms with Crippen molar-refractivity contribution >= 4 is 11.6 Å². The molecule has 0 heterocycles. The van der Waals surface area contributed by atoms with Crippen molar-refractivity contribution in [1.82, 2.24) is 0 Å². The molecule has 86 valence electrons. The maximum Gasteiger partial charge on any atom is 0.120 e. The van der Waals surface area contributed by atoms with Gasteiger partial charge in [-0.3, -0.25) is 0 Å². The highest BCUT2D eigenvalue weighted by Gasteiger charge is 2.08. The van der Waals surface area contributed by atoms with Crippen LogP contribution in [0, 0.1) is 11.3 Å². The van der Waals surface area contributed by atoms with Crippen LogP contribution in [-0.4, -0.2) is 6.10 Å². The molecule has 2 nitrogen and oxygen atoms in total. The molecule has 0 spiro atoms. The van der Waals surface area contributed by atoms with E-state index in [0.29, 0.717) is 6.42 Å². The van der Waals surface area contributed by atoms with Gasteiger partial charge < -0.3 is 4.74 Å². The van der Waals surface area contributed by atoms with Gasteiger partial charge in [0.25, 0.3) is 0 Å². The molecule has 0 N–H and O–H groups in total. The average Bonchev–Trinajstić information content (AvgIpc) is 2.30. The van der Waals surface area contributed by atoms with E-state index in [1.54, 1.807) is 0 Å². The lowest BCUT2D eigenvalue weighted by Gasteiger charge is -2.15. The van der Waals surface area contributed by atoms with Gasteiger partial charge in [0, 0.05) is 5.02 Å². The molecule has 0 radical (unpaired) electrons. The predicted octanol–water partition coefficient (Wildman–Crippen LogP) is 3.97. The highest BCUT2D eigenvalue weighted by molar-refractivity contribution is 6.31. The second-order valence-electron chi connectivity index (χ2n) is 3.62.